The van der Waals surface area contributed by atoms with Crippen molar-refractivity contribution in [2.45, 2.75) is 25.4 Å². The Hall–Kier alpha value is -5.14. The predicted molar refractivity (Wildman–Crippen MR) is 145 cm³/mol. The fourth-order valence-corrected chi connectivity index (χ4v) is 4.72. The number of alkyl halides is 3. The summed E-state index contributed by atoms with van der Waals surface area (Å²) >= 11 is 0. The minimum absolute atomic E-state index is 0.111. The van der Waals surface area contributed by atoms with E-state index in [1.165, 1.54) is 6.33 Å². The van der Waals surface area contributed by atoms with Gasteiger partial charge in [0.25, 0.3) is 5.56 Å². The summed E-state index contributed by atoms with van der Waals surface area (Å²) in [6.45, 7) is 2.41. The van der Waals surface area contributed by atoms with E-state index in [1.807, 2.05) is 37.4 Å². The Morgan fingerprint density at radius 3 is 2.60 bits per heavy atom. The van der Waals surface area contributed by atoms with Gasteiger partial charge in [0.05, 0.1) is 37.8 Å². The monoisotopic (exact) mass is 583 g/mol. The maximum Gasteiger partial charge on any atom is 0.490 e. The van der Waals surface area contributed by atoms with Crippen LogP contribution in [-0.2, 0) is 11.2 Å². The van der Waals surface area contributed by atoms with Crippen LogP contribution in [0.4, 0.5) is 13.2 Å². The van der Waals surface area contributed by atoms with E-state index in [0.29, 0.717) is 35.5 Å². The number of rotatable bonds is 4. The highest BCUT2D eigenvalue weighted by Crippen LogP contribution is 2.36. The number of carboxylic acid groups (broad SMARTS) is 1. The van der Waals surface area contributed by atoms with E-state index >= 15 is 0 Å². The molecule has 218 valence electrons. The molecule has 4 heterocycles. The molecule has 0 bridgehead atoms. The molecule has 11 nitrogen and oxygen atoms in total. The van der Waals surface area contributed by atoms with E-state index in [0.717, 1.165) is 44.9 Å². The van der Waals surface area contributed by atoms with Crippen LogP contribution < -0.4 is 19.8 Å². The van der Waals surface area contributed by atoms with Gasteiger partial charge in [0.1, 0.15) is 40.6 Å². The van der Waals surface area contributed by atoms with Crippen LogP contribution in [0.25, 0.3) is 33.2 Å². The number of aromatic nitrogens is 5. The first kappa shape index (κ1) is 28.4. The highest BCUT2D eigenvalue weighted by atomic mass is 19.4. The Kier molecular flexibility index (Phi) is 7.45. The lowest BCUT2D eigenvalue weighted by Crippen LogP contribution is -2.24. The number of nitrogens with one attached hydrogen (secondary N) is 2. The molecule has 14 heteroatoms. The number of halogens is 3. The second-order valence-electron chi connectivity index (χ2n) is 9.43. The third kappa shape index (κ3) is 5.42. The number of aliphatic carboxylic acids is 1. The number of carbonyl (C=O) groups is 1. The van der Waals surface area contributed by atoms with E-state index < -0.39 is 12.1 Å². The van der Waals surface area contributed by atoms with Crippen LogP contribution >= 0.6 is 0 Å². The molecule has 1 atom stereocenters. The number of aromatic amines is 2. The Morgan fingerprint density at radius 1 is 1.14 bits per heavy atom. The fraction of sp³-hybridized carbons (Fsp3) is 0.250. The van der Waals surface area contributed by atoms with Crippen molar-refractivity contribution in [3.63, 3.8) is 0 Å². The van der Waals surface area contributed by atoms with Crippen LogP contribution in [0.2, 0.25) is 0 Å². The molecule has 0 spiro atoms. The van der Waals surface area contributed by atoms with E-state index in [-0.39, 0.29) is 11.5 Å². The summed E-state index contributed by atoms with van der Waals surface area (Å²) in [5.41, 5.74) is 4.52. The predicted octanol–water partition coefficient (Wildman–Crippen LogP) is 4.54. The molecule has 1 unspecified atom stereocenters. The second kappa shape index (κ2) is 11.0. The van der Waals surface area contributed by atoms with Gasteiger partial charge < -0.3 is 29.3 Å². The molecule has 42 heavy (non-hydrogen) atoms. The summed E-state index contributed by atoms with van der Waals surface area (Å²) in [5.74, 6) is -0.216. The lowest BCUT2D eigenvalue weighted by Gasteiger charge is -2.25. The van der Waals surface area contributed by atoms with Gasteiger partial charge in [-0.2, -0.15) is 13.2 Å². The number of nitrogens with zero attached hydrogens (tertiary/aromatic N) is 3. The van der Waals surface area contributed by atoms with Gasteiger partial charge in [-0.05, 0) is 54.8 Å². The Bertz CT molecular complexity index is 1870. The van der Waals surface area contributed by atoms with Crippen molar-refractivity contribution in [3.05, 3.63) is 70.2 Å². The first-order chi connectivity index (χ1) is 20.0. The summed E-state index contributed by atoms with van der Waals surface area (Å²) in [6, 6.07) is 9.41. The van der Waals surface area contributed by atoms with Crippen molar-refractivity contribution in [2.24, 2.45) is 0 Å². The number of H-pyrrole nitrogens is 2. The van der Waals surface area contributed by atoms with Crippen LogP contribution in [0.3, 0.4) is 0 Å². The summed E-state index contributed by atoms with van der Waals surface area (Å²) in [4.78, 5) is 41.9. The molecule has 6 rings (SSSR count). The van der Waals surface area contributed by atoms with Gasteiger partial charge in [-0.25, -0.2) is 19.7 Å². The zero-order chi connectivity index (χ0) is 30.2. The number of benzene rings is 2. The van der Waals surface area contributed by atoms with Gasteiger partial charge in [0.15, 0.2) is 0 Å². The van der Waals surface area contributed by atoms with Gasteiger partial charge in [0.2, 0.25) is 0 Å². The summed E-state index contributed by atoms with van der Waals surface area (Å²) in [5, 5.41) is 8.46. The van der Waals surface area contributed by atoms with Gasteiger partial charge in [-0.15, -0.1) is 0 Å². The van der Waals surface area contributed by atoms with Crippen LogP contribution in [0.1, 0.15) is 22.9 Å². The molecule has 3 N–H and O–H groups in total. The third-order valence-corrected chi connectivity index (χ3v) is 6.76. The standard InChI is InChI=1S/C26H23N5O4.C2HF3O2/c1-13-10-27-25-21(13)22(28-12-29-25)15-8-18-23(20(9-15)34-3)30-24(31-26(18)32)16-6-14-7-17(33-2)4-5-19(14)35-11-16;3-2(4,5)1(6)7/h4-5,7-10,12,16H,6,11H2,1-3H3,(H,27,28,29)(H,30,31,32);(H,6,7). The Balaban J connectivity index is 0.000000451. The van der Waals surface area contributed by atoms with Crippen LogP contribution in [0.5, 0.6) is 17.2 Å². The maximum atomic E-state index is 13.3. The van der Waals surface area contributed by atoms with Crippen LogP contribution in [0.15, 0.2) is 47.7 Å². The number of hydrogen-bond acceptors (Lipinski definition) is 8. The highest BCUT2D eigenvalue weighted by Gasteiger charge is 2.38. The van der Waals surface area contributed by atoms with E-state index in [1.54, 1.807) is 20.3 Å². The summed E-state index contributed by atoms with van der Waals surface area (Å²) in [7, 11) is 3.21. The SMILES string of the molecule is COc1ccc2c(c1)CC(c1nc3c(OC)cc(-c4ncnc5[nH]cc(C)c45)cc3c(=O)[nH]1)CO2.O=C(O)C(F)(F)F. The van der Waals surface area contributed by atoms with Crippen LogP contribution in [-0.4, -0.2) is 63.0 Å². The number of hydrogen-bond donors (Lipinski definition) is 3. The Morgan fingerprint density at radius 2 is 1.90 bits per heavy atom. The molecular formula is C28H24F3N5O6. The fourth-order valence-electron chi connectivity index (χ4n) is 4.72. The van der Waals surface area contributed by atoms with E-state index in [2.05, 4.69) is 19.9 Å². The van der Waals surface area contributed by atoms with E-state index in [4.69, 9.17) is 29.1 Å². The second-order valence-corrected chi connectivity index (χ2v) is 9.43. The topological polar surface area (TPSA) is 152 Å². The maximum absolute atomic E-state index is 13.3. The lowest BCUT2D eigenvalue weighted by molar-refractivity contribution is -0.192. The van der Waals surface area contributed by atoms with Crippen molar-refractivity contribution in [2.75, 3.05) is 20.8 Å². The van der Waals surface area contributed by atoms with Crippen molar-refractivity contribution < 1.29 is 37.3 Å². The lowest BCUT2D eigenvalue weighted by atomic mass is 9.95. The molecule has 0 saturated carbocycles. The molecule has 5 aromatic rings. The molecule has 0 fully saturated rings. The number of fused-ring (bicyclic) bond motifs is 3. The number of ether oxygens (including phenoxy) is 3. The van der Waals surface area contributed by atoms with Crippen molar-refractivity contribution in [1.29, 1.82) is 0 Å². The quantitative estimate of drug-likeness (QED) is 0.277. The number of methoxy groups -OCH3 is 2. The molecular weight excluding hydrogens is 559 g/mol. The molecule has 0 saturated heterocycles. The average molecular weight is 584 g/mol. The minimum Gasteiger partial charge on any atom is -0.497 e. The molecule has 1 aliphatic heterocycles. The largest absolute Gasteiger partial charge is 0.497 e. The zero-order valence-corrected chi connectivity index (χ0v) is 22.5. The van der Waals surface area contributed by atoms with Gasteiger partial charge in [-0.1, -0.05) is 0 Å². The molecule has 0 aliphatic carbocycles. The van der Waals surface area contributed by atoms with Gasteiger partial charge in [0, 0.05) is 17.1 Å². The highest BCUT2D eigenvalue weighted by molar-refractivity contribution is 5.97. The first-order valence-corrected chi connectivity index (χ1v) is 12.5. The molecule has 0 radical (unpaired) electrons. The van der Waals surface area contributed by atoms with Crippen molar-refractivity contribution in [1.82, 2.24) is 24.9 Å². The molecule has 1 aliphatic rings. The number of aryl methyl sites for hydroxylation is 1. The van der Waals surface area contributed by atoms with E-state index in [9.17, 15) is 18.0 Å². The zero-order valence-electron chi connectivity index (χ0n) is 22.5. The smallest absolute Gasteiger partial charge is 0.490 e. The summed E-state index contributed by atoms with van der Waals surface area (Å²) in [6.07, 6.45) is -1.01. The Labute approximate surface area is 235 Å². The summed E-state index contributed by atoms with van der Waals surface area (Å²) < 4.78 is 48.7. The van der Waals surface area contributed by atoms with Crippen molar-refractivity contribution >= 4 is 27.9 Å². The normalized spacial score (nSPS) is 14.5. The van der Waals surface area contributed by atoms with Gasteiger partial charge >= 0.3 is 12.1 Å². The molecule has 0 amide bonds. The first-order valence-electron chi connectivity index (χ1n) is 12.5. The van der Waals surface area contributed by atoms with Crippen molar-refractivity contribution in [3.8, 4) is 28.5 Å². The minimum atomic E-state index is -5.08. The van der Waals surface area contributed by atoms with Crippen LogP contribution in [0, 0.1) is 6.92 Å². The third-order valence-electron chi connectivity index (χ3n) is 6.76. The molecule has 2 aromatic carbocycles. The molecule has 3 aromatic heterocycles. The van der Waals surface area contributed by atoms with Gasteiger partial charge in [-0.3, -0.25) is 4.79 Å². The average Bonchev–Trinajstić information content (AvgIpc) is 3.36. The number of carboxylic acids is 1.